The molecule has 1 aromatic carbocycles. The van der Waals surface area contributed by atoms with Gasteiger partial charge in [0, 0.05) is 32.0 Å². The summed E-state index contributed by atoms with van der Waals surface area (Å²) in [6.45, 7) is 1.05. The molecule has 0 aromatic heterocycles. The molecule has 96 valence electrons. The predicted molar refractivity (Wildman–Crippen MR) is 69.2 cm³/mol. The van der Waals surface area contributed by atoms with Crippen LogP contribution in [0.4, 0.5) is 5.69 Å². The highest BCUT2D eigenvalue weighted by molar-refractivity contribution is 5.96. The number of amides is 1. The average Bonchev–Trinajstić information content (AvgIpc) is 2.71. The molecule has 0 spiro atoms. The Morgan fingerprint density at radius 1 is 1.33 bits per heavy atom. The summed E-state index contributed by atoms with van der Waals surface area (Å²) in [4.78, 5) is 23.1. The highest BCUT2D eigenvalue weighted by Gasteiger charge is 2.25. The van der Waals surface area contributed by atoms with Crippen molar-refractivity contribution in [1.82, 2.24) is 5.01 Å². The lowest BCUT2D eigenvalue weighted by atomic mass is 10.1. The minimum Gasteiger partial charge on any atom is -0.330 e. The molecular formula is C13H17N3O2. The van der Waals surface area contributed by atoms with E-state index < -0.39 is 0 Å². The van der Waals surface area contributed by atoms with E-state index in [0.717, 1.165) is 5.69 Å². The Hall–Kier alpha value is -1.88. The Morgan fingerprint density at radius 3 is 2.50 bits per heavy atom. The van der Waals surface area contributed by atoms with Crippen LogP contribution >= 0.6 is 0 Å². The van der Waals surface area contributed by atoms with Gasteiger partial charge in [-0.2, -0.15) is 0 Å². The molecule has 1 aromatic rings. The van der Waals surface area contributed by atoms with Crippen LogP contribution in [0.25, 0.3) is 0 Å². The van der Waals surface area contributed by atoms with Crippen molar-refractivity contribution in [2.24, 2.45) is 5.73 Å². The van der Waals surface area contributed by atoms with Crippen LogP contribution in [0.2, 0.25) is 0 Å². The van der Waals surface area contributed by atoms with Crippen LogP contribution < -0.4 is 10.7 Å². The van der Waals surface area contributed by atoms with Crippen molar-refractivity contribution < 1.29 is 9.59 Å². The molecule has 5 nitrogen and oxygen atoms in total. The standard InChI is InChI=1S/C13H17N3O2/c1-15-13(18)7-9-16(15)11-4-2-10(3-5-11)12(17)6-8-14/h2-5H,6-9,14H2,1H3. The predicted octanol–water partition coefficient (Wildman–Crippen LogP) is 0.802. The topological polar surface area (TPSA) is 66.6 Å². The number of rotatable bonds is 4. The first kappa shape index (κ1) is 12.6. The Kier molecular flexibility index (Phi) is 3.62. The summed E-state index contributed by atoms with van der Waals surface area (Å²) in [6.07, 6.45) is 0.895. The number of nitrogens with zero attached hydrogens (tertiary/aromatic N) is 2. The molecule has 0 bridgehead atoms. The zero-order valence-electron chi connectivity index (χ0n) is 10.4. The third kappa shape index (κ3) is 2.36. The van der Waals surface area contributed by atoms with Crippen LogP contribution in [0.1, 0.15) is 23.2 Å². The lowest BCUT2D eigenvalue weighted by Crippen LogP contribution is -2.35. The SMILES string of the molecule is CN1C(=O)CCN1c1ccc(C(=O)CCN)cc1. The fraction of sp³-hybridized carbons (Fsp3) is 0.385. The molecule has 18 heavy (non-hydrogen) atoms. The maximum atomic E-state index is 11.6. The second kappa shape index (κ2) is 5.18. The Morgan fingerprint density at radius 2 is 2.00 bits per heavy atom. The van der Waals surface area contributed by atoms with Gasteiger partial charge >= 0.3 is 0 Å². The maximum absolute atomic E-state index is 11.6. The van der Waals surface area contributed by atoms with E-state index in [0.29, 0.717) is 31.5 Å². The zero-order valence-corrected chi connectivity index (χ0v) is 10.4. The number of anilines is 1. The van der Waals surface area contributed by atoms with Crippen LogP contribution in [0.3, 0.4) is 0 Å². The number of hydrazine groups is 1. The summed E-state index contributed by atoms with van der Waals surface area (Å²) in [5, 5.41) is 3.51. The Bertz CT molecular complexity index is 456. The van der Waals surface area contributed by atoms with Crippen LogP contribution in [-0.2, 0) is 4.79 Å². The third-order valence-corrected chi connectivity index (χ3v) is 3.12. The normalized spacial score (nSPS) is 15.3. The van der Waals surface area contributed by atoms with E-state index in [1.165, 1.54) is 0 Å². The quantitative estimate of drug-likeness (QED) is 0.799. The highest BCUT2D eigenvalue weighted by Crippen LogP contribution is 2.21. The Labute approximate surface area is 106 Å². The van der Waals surface area contributed by atoms with E-state index in [2.05, 4.69) is 0 Å². The van der Waals surface area contributed by atoms with Crippen LogP contribution in [0.5, 0.6) is 0 Å². The molecule has 2 rings (SSSR count). The van der Waals surface area contributed by atoms with Gasteiger partial charge in [0.25, 0.3) is 0 Å². The van der Waals surface area contributed by atoms with Gasteiger partial charge in [-0.1, -0.05) is 0 Å². The number of nitrogens with two attached hydrogens (primary N) is 1. The molecule has 1 aliphatic heterocycles. The van der Waals surface area contributed by atoms with Crippen molar-refractivity contribution >= 4 is 17.4 Å². The maximum Gasteiger partial charge on any atom is 0.242 e. The molecule has 1 saturated heterocycles. The number of ketones is 1. The fourth-order valence-corrected chi connectivity index (χ4v) is 2.05. The summed E-state index contributed by atoms with van der Waals surface area (Å²) in [6, 6.07) is 7.28. The lowest BCUT2D eigenvalue weighted by molar-refractivity contribution is -0.126. The molecule has 2 N–H and O–H groups in total. The van der Waals surface area contributed by atoms with Crippen LogP contribution in [0, 0.1) is 0 Å². The van der Waals surface area contributed by atoms with E-state index >= 15 is 0 Å². The number of hydrogen-bond donors (Lipinski definition) is 1. The summed E-state index contributed by atoms with van der Waals surface area (Å²) >= 11 is 0. The fourth-order valence-electron chi connectivity index (χ4n) is 2.05. The van der Waals surface area contributed by atoms with E-state index in [1.807, 2.05) is 17.1 Å². The van der Waals surface area contributed by atoms with E-state index in [9.17, 15) is 9.59 Å². The monoisotopic (exact) mass is 247 g/mol. The first-order valence-electron chi connectivity index (χ1n) is 6.01. The first-order chi connectivity index (χ1) is 8.63. The Balaban J connectivity index is 2.13. The van der Waals surface area contributed by atoms with E-state index in [-0.39, 0.29) is 11.7 Å². The number of benzene rings is 1. The molecule has 0 saturated carbocycles. The van der Waals surface area contributed by atoms with Crippen molar-refractivity contribution in [2.75, 3.05) is 25.1 Å². The van der Waals surface area contributed by atoms with E-state index in [1.54, 1.807) is 24.2 Å². The molecule has 0 atom stereocenters. The van der Waals surface area contributed by atoms with Gasteiger partial charge in [-0.3, -0.25) is 19.6 Å². The van der Waals surface area contributed by atoms with Gasteiger partial charge in [0.2, 0.25) is 5.91 Å². The second-order valence-electron chi connectivity index (χ2n) is 4.30. The van der Waals surface area contributed by atoms with Crippen molar-refractivity contribution in [1.29, 1.82) is 0 Å². The number of hydrogen-bond acceptors (Lipinski definition) is 4. The van der Waals surface area contributed by atoms with Crippen LogP contribution in [-0.4, -0.2) is 36.8 Å². The summed E-state index contributed by atoms with van der Waals surface area (Å²) in [5.74, 6) is 0.160. The second-order valence-corrected chi connectivity index (χ2v) is 4.30. The molecule has 0 aliphatic carbocycles. The number of carbonyl (C=O) groups excluding carboxylic acids is 2. The van der Waals surface area contributed by atoms with Gasteiger partial charge in [0.15, 0.2) is 5.78 Å². The van der Waals surface area contributed by atoms with Crippen molar-refractivity contribution in [3.8, 4) is 0 Å². The van der Waals surface area contributed by atoms with Crippen molar-refractivity contribution in [2.45, 2.75) is 12.8 Å². The number of Topliss-reactive ketones (excluding diaryl/α,β-unsaturated/α-hetero) is 1. The minimum atomic E-state index is 0.0508. The van der Waals surface area contributed by atoms with Crippen molar-refractivity contribution in [3.05, 3.63) is 29.8 Å². The largest absolute Gasteiger partial charge is 0.330 e. The molecule has 1 heterocycles. The highest BCUT2D eigenvalue weighted by atomic mass is 16.2. The van der Waals surface area contributed by atoms with Gasteiger partial charge in [-0.05, 0) is 30.8 Å². The molecular weight excluding hydrogens is 230 g/mol. The minimum absolute atomic E-state index is 0.0508. The smallest absolute Gasteiger partial charge is 0.242 e. The lowest BCUT2D eigenvalue weighted by Gasteiger charge is -2.26. The summed E-state index contributed by atoms with van der Waals surface area (Å²) in [5.41, 5.74) is 6.94. The van der Waals surface area contributed by atoms with Gasteiger partial charge in [-0.15, -0.1) is 0 Å². The third-order valence-electron chi connectivity index (χ3n) is 3.12. The molecule has 5 heteroatoms. The average molecular weight is 247 g/mol. The van der Waals surface area contributed by atoms with Crippen LogP contribution in [0.15, 0.2) is 24.3 Å². The molecule has 1 amide bonds. The van der Waals surface area contributed by atoms with Gasteiger partial charge in [0.1, 0.15) is 0 Å². The first-order valence-corrected chi connectivity index (χ1v) is 6.01. The summed E-state index contributed by atoms with van der Waals surface area (Å²) < 4.78 is 0. The van der Waals surface area contributed by atoms with Gasteiger partial charge in [-0.25, -0.2) is 0 Å². The number of carbonyl (C=O) groups is 2. The van der Waals surface area contributed by atoms with E-state index in [4.69, 9.17) is 5.73 Å². The zero-order chi connectivity index (χ0) is 13.1. The summed E-state index contributed by atoms with van der Waals surface area (Å²) in [7, 11) is 1.75. The van der Waals surface area contributed by atoms with Gasteiger partial charge < -0.3 is 5.73 Å². The molecule has 1 aliphatic rings. The molecule has 0 radical (unpaired) electrons. The van der Waals surface area contributed by atoms with Gasteiger partial charge in [0.05, 0.1) is 5.69 Å². The molecule has 0 unspecified atom stereocenters. The molecule has 1 fully saturated rings. The van der Waals surface area contributed by atoms with Crippen molar-refractivity contribution in [3.63, 3.8) is 0 Å².